The number of alkyl halides is 3. The van der Waals surface area contributed by atoms with Crippen molar-refractivity contribution in [2.75, 3.05) is 13.2 Å². The zero-order valence-electron chi connectivity index (χ0n) is 18.1. The van der Waals surface area contributed by atoms with Gasteiger partial charge in [0.25, 0.3) is 5.91 Å². The van der Waals surface area contributed by atoms with E-state index < -0.39 is 23.5 Å². The minimum Gasteiger partial charge on any atom is -0.467 e. The number of carbonyl (C=O) groups is 1. The summed E-state index contributed by atoms with van der Waals surface area (Å²) < 4.78 is 60.5. The van der Waals surface area contributed by atoms with Gasteiger partial charge >= 0.3 is 6.18 Å². The lowest BCUT2D eigenvalue weighted by Crippen LogP contribution is -2.32. The summed E-state index contributed by atoms with van der Waals surface area (Å²) in [5.41, 5.74) is 1.19. The van der Waals surface area contributed by atoms with E-state index in [4.69, 9.17) is 9.84 Å². The molecule has 0 aliphatic carbocycles. The zero-order chi connectivity index (χ0) is 24.3. The van der Waals surface area contributed by atoms with Crippen molar-refractivity contribution >= 4 is 5.91 Å². The number of aryl methyl sites for hydroxylation is 1. The van der Waals surface area contributed by atoms with Gasteiger partial charge in [-0.05, 0) is 53.8 Å². The van der Waals surface area contributed by atoms with Crippen molar-refractivity contribution in [3.63, 3.8) is 0 Å². The number of carbonyl (C=O) groups excluding carboxylic acids is 1. The standard InChI is InChI=1S/C25H22F4N2O3/c26-22-6-2-1-5-20(22)19-7-8-30-24-21(19)14-31(23(33)15-34-24)13-17-10-16(4-3-9-32)11-18(12-17)25(27,28)29/h1-2,5-8,10-12,32H,3-4,9,13-15H2. The van der Waals surface area contributed by atoms with Crippen LogP contribution >= 0.6 is 0 Å². The van der Waals surface area contributed by atoms with Gasteiger partial charge in [0.05, 0.1) is 12.1 Å². The summed E-state index contributed by atoms with van der Waals surface area (Å²) in [4.78, 5) is 18.3. The summed E-state index contributed by atoms with van der Waals surface area (Å²) in [6, 6.07) is 11.5. The van der Waals surface area contributed by atoms with E-state index in [2.05, 4.69) is 4.98 Å². The Balaban J connectivity index is 1.70. The highest BCUT2D eigenvalue weighted by molar-refractivity contribution is 5.80. The first kappa shape index (κ1) is 23.7. The number of hydrogen-bond acceptors (Lipinski definition) is 4. The smallest absolute Gasteiger partial charge is 0.416 e. The first-order chi connectivity index (χ1) is 16.3. The number of aromatic nitrogens is 1. The van der Waals surface area contributed by atoms with Crippen LogP contribution in [0.3, 0.4) is 0 Å². The number of amides is 1. The van der Waals surface area contributed by atoms with Gasteiger partial charge in [-0.1, -0.05) is 24.3 Å². The molecule has 0 saturated carbocycles. The van der Waals surface area contributed by atoms with Crippen molar-refractivity contribution in [3.05, 3.63) is 82.8 Å². The first-order valence-corrected chi connectivity index (χ1v) is 10.7. The molecular formula is C25H22F4N2O3. The third-order valence-corrected chi connectivity index (χ3v) is 5.59. The second-order valence-electron chi connectivity index (χ2n) is 8.02. The van der Waals surface area contributed by atoms with Crippen LogP contribution in [0.4, 0.5) is 17.6 Å². The first-order valence-electron chi connectivity index (χ1n) is 10.7. The van der Waals surface area contributed by atoms with E-state index in [1.165, 1.54) is 17.2 Å². The fraction of sp³-hybridized carbons (Fsp3) is 0.280. The van der Waals surface area contributed by atoms with Gasteiger partial charge in [-0.3, -0.25) is 4.79 Å². The molecule has 34 heavy (non-hydrogen) atoms. The average Bonchev–Trinajstić information content (AvgIpc) is 2.96. The second-order valence-corrected chi connectivity index (χ2v) is 8.02. The van der Waals surface area contributed by atoms with Gasteiger partial charge in [-0.2, -0.15) is 13.2 Å². The molecule has 0 spiro atoms. The molecule has 2 heterocycles. The minimum absolute atomic E-state index is 0.00606. The average molecular weight is 474 g/mol. The molecule has 0 unspecified atom stereocenters. The maximum Gasteiger partial charge on any atom is 0.416 e. The molecule has 2 aromatic carbocycles. The highest BCUT2D eigenvalue weighted by Crippen LogP contribution is 2.35. The molecule has 178 valence electrons. The maximum atomic E-state index is 14.5. The van der Waals surface area contributed by atoms with Gasteiger partial charge in [-0.25, -0.2) is 9.37 Å². The van der Waals surface area contributed by atoms with Crippen LogP contribution in [0.2, 0.25) is 0 Å². The number of aliphatic hydroxyl groups is 1. The largest absolute Gasteiger partial charge is 0.467 e. The zero-order valence-corrected chi connectivity index (χ0v) is 18.1. The van der Waals surface area contributed by atoms with Crippen molar-refractivity contribution in [1.29, 1.82) is 0 Å². The van der Waals surface area contributed by atoms with E-state index in [1.54, 1.807) is 30.3 Å². The van der Waals surface area contributed by atoms with Crippen LogP contribution < -0.4 is 4.74 Å². The molecule has 1 N–H and O–H groups in total. The van der Waals surface area contributed by atoms with E-state index >= 15 is 0 Å². The van der Waals surface area contributed by atoms with E-state index in [9.17, 15) is 22.4 Å². The van der Waals surface area contributed by atoms with E-state index in [1.807, 2.05) is 0 Å². The van der Waals surface area contributed by atoms with Crippen molar-refractivity contribution in [2.24, 2.45) is 0 Å². The molecule has 0 radical (unpaired) electrons. The molecule has 9 heteroatoms. The van der Waals surface area contributed by atoms with Gasteiger partial charge in [0.2, 0.25) is 5.88 Å². The van der Waals surface area contributed by atoms with Crippen LogP contribution in [0.15, 0.2) is 54.7 Å². The molecule has 0 saturated heterocycles. The van der Waals surface area contributed by atoms with Crippen LogP contribution in [0.1, 0.15) is 28.7 Å². The highest BCUT2D eigenvalue weighted by atomic mass is 19.4. The van der Waals surface area contributed by atoms with Crippen molar-refractivity contribution in [3.8, 4) is 17.0 Å². The molecular weight excluding hydrogens is 452 g/mol. The molecule has 1 aromatic heterocycles. The second kappa shape index (κ2) is 9.80. The van der Waals surface area contributed by atoms with Crippen molar-refractivity contribution in [1.82, 2.24) is 9.88 Å². The molecule has 0 fully saturated rings. The minimum atomic E-state index is -4.55. The summed E-state index contributed by atoms with van der Waals surface area (Å²) in [6.07, 6.45) is -2.50. The number of benzene rings is 2. The Morgan fingerprint density at radius 3 is 2.56 bits per heavy atom. The molecule has 0 atom stereocenters. The number of halogens is 4. The summed E-state index contributed by atoms with van der Waals surface area (Å²) >= 11 is 0. The van der Waals surface area contributed by atoms with Crippen LogP contribution in [-0.4, -0.2) is 34.1 Å². The Hall–Kier alpha value is -3.46. The molecule has 0 bridgehead atoms. The molecule has 1 aliphatic heterocycles. The van der Waals surface area contributed by atoms with E-state index in [0.717, 1.165) is 12.1 Å². The van der Waals surface area contributed by atoms with Gasteiger partial charge in [0, 0.05) is 30.5 Å². The predicted octanol–water partition coefficient (Wildman–Crippen LogP) is 4.75. The Morgan fingerprint density at radius 2 is 1.82 bits per heavy atom. The number of rotatable bonds is 6. The normalized spacial score (nSPS) is 13.9. The maximum absolute atomic E-state index is 14.5. The van der Waals surface area contributed by atoms with Gasteiger partial charge in [0.15, 0.2) is 6.61 Å². The van der Waals surface area contributed by atoms with Crippen molar-refractivity contribution in [2.45, 2.75) is 32.1 Å². The van der Waals surface area contributed by atoms with Crippen LogP contribution in [0, 0.1) is 5.82 Å². The summed E-state index contributed by atoms with van der Waals surface area (Å²) in [6.45, 7) is -0.579. The molecule has 1 amide bonds. The number of hydrogen-bond donors (Lipinski definition) is 1. The Kier molecular flexibility index (Phi) is 6.83. The fourth-order valence-corrected chi connectivity index (χ4v) is 3.99. The van der Waals surface area contributed by atoms with Crippen LogP contribution in [0.5, 0.6) is 5.88 Å². The quantitative estimate of drug-likeness (QED) is 0.524. The number of pyridine rings is 1. The Labute approximate surface area is 193 Å². The molecule has 1 aliphatic rings. The summed E-state index contributed by atoms with van der Waals surface area (Å²) in [5.74, 6) is -0.694. The summed E-state index contributed by atoms with van der Waals surface area (Å²) in [5, 5.41) is 9.06. The van der Waals surface area contributed by atoms with Gasteiger partial charge in [0.1, 0.15) is 5.82 Å². The molecule has 5 nitrogen and oxygen atoms in total. The summed E-state index contributed by atoms with van der Waals surface area (Å²) in [7, 11) is 0. The Bertz CT molecular complexity index is 1200. The van der Waals surface area contributed by atoms with Crippen LogP contribution in [-0.2, 0) is 30.5 Å². The van der Waals surface area contributed by atoms with E-state index in [0.29, 0.717) is 34.2 Å². The lowest BCUT2D eigenvalue weighted by Gasteiger charge is -2.22. The third kappa shape index (κ3) is 5.20. The molecule has 4 rings (SSSR count). The van der Waals surface area contributed by atoms with Crippen molar-refractivity contribution < 1.29 is 32.2 Å². The number of aliphatic hydroxyl groups excluding tert-OH is 1. The number of nitrogens with zero attached hydrogens (tertiary/aromatic N) is 2. The number of ether oxygens (including phenoxy) is 1. The SMILES string of the molecule is O=C1COc2nccc(-c3ccccc3F)c2CN1Cc1cc(CCCO)cc(C(F)(F)F)c1. The highest BCUT2D eigenvalue weighted by Gasteiger charge is 2.32. The van der Waals surface area contributed by atoms with E-state index in [-0.39, 0.29) is 38.6 Å². The van der Waals surface area contributed by atoms with Crippen LogP contribution in [0.25, 0.3) is 11.1 Å². The molecule has 3 aromatic rings. The lowest BCUT2D eigenvalue weighted by atomic mass is 9.99. The number of fused-ring (bicyclic) bond motifs is 1. The lowest BCUT2D eigenvalue weighted by molar-refractivity contribution is -0.137. The monoisotopic (exact) mass is 474 g/mol. The predicted molar refractivity (Wildman–Crippen MR) is 116 cm³/mol. The Morgan fingerprint density at radius 1 is 1.06 bits per heavy atom. The topological polar surface area (TPSA) is 62.7 Å². The fourth-order valence-electron chi connectivity index (χ4n) is 3.99. The van der Waals surface area contributed by atoms with Gasteiger partial charge < -0.3 is 14.7 Å². The van der Waals surface area contributed by atoms with Gasteiger partial charge in [-0.15, -0.1) is 0 Å². The third-order valence-electron chi connectivity index (χ3n) is 5.59.